The Hall–Kier alpha value is -1.13. The van der Waals surface area contributed by atoms with Crippen LogP contribution in [0.15, 0.2) is 18.3 Å². The number of nitrogens with zero attached hydrogens (tertiary/aromatic N) is 1. The van der Waals surface area contributed by atoms with Crippen molar-refractivity contribution < 1.29 is 10.2 Å². The minimum atomic E-state index is -0.505. The van der Waals surface area contributed by atoms with Crippen molar-refractivity contribution in [1.29, 1.82) is 0 Å². The molecular formula is C10H16N2O2. The van der Waals surface area contributed by atoms with Gasteiger partial charge in [-0.1, -0.05) is 6.07 Å². The lowest BCUT2D eigenvalue weighted by Crippen LogP contribution is -2.00. The number of rotatable bonds is 5. The molecule has 0 radical (unpaired) electrons. The van der Waals surface area contributed by atoms with Crippen LogP contribution in [-0.4, -0.2) is 21.8 Å². The summed E-state index contributed by atoms with van der Waals surface area (Å²) < 4.78 is 0. The Morgan fingerprint density at radius 3 is 2.71 bits per heavy atom. The summed E-state index contributed by atoms with van der Waals surface area (Å²) in [6.45, 7) is 0.173. The fourth-order valence-electron chi connectivity index (χ4n) is 1.23. The molecule has 1 aromatic heterocycles. The first kappa shape index (κ1) is 10.9. The van der Waals surface area contributed by atoms with E-state index in [9.17, 15) is 5.11 Å². The molecule has 1 unspecified atom stereocenters. The molecule has 0 aliphatic heterocycles. The van der Waals surface area contributed by atoms with Crippen LogP contribution in [-0.2, 0) is 0 Å². The molecule has 1 aromatic rings. The number of pyridine rings is 1. The Kier molecular flexibility index (Phi) is 4.35. The molecular weight excluding hydrogens is 180 g/mol. The lowest BCUT2D eigenvalue weighted by molar-refractivity contribution is 0.159. The average molecular weight is 196 g/mol. The Bertz CT molecular complexity index is 261. The highest BCUT2D eigenvalue weighted by Crippen LogP contribution is 2.18. The maximum Gasteiger partial charge on any atom is 0.123 e. The minimum Gasteiger partial charge on any atom is -0.396 e. The van der Waals surface area contributed by atoms with E-state index in [2.05, 4.69) is 4.98 Å². The summed E-state index contributed by atoms with van der Waals surface area (Å²) in [6.07, 6.45) is 3.25. The van der Waals surface area contributed by atoms with Crippen molar-refractivity contribution in [2.75, 3.05) is 12.3 Å². The highest BCUT2D eigenvalue weighted by atomic mass is 16.3. The number of hydrogen-bond donors (Lipinski definition) is 3. The number of aromatic nitrogens is 1. The summed E-state index contributed by atoms with van der Waals surface area (Å²) in [5, 5.41) is 18.3. The Morgan fingerprint density at radius 1 is 1.36 bits per heavy atom. The summed E-state index contributed by atoms with van der Waals surface area (Å²) in [6, 6.07) is 3.44. The Morgan fingerprint density at radius 2 is 2.14 bits per heavy atom. The highest BCUT2D eigenvalue weighted by molar-refractivity contribution is 5.29. The van der Waals surface area contributed by atoms with Crippen molar-refractivity contribution in [1.82, 2.24) is 4.98 Å². The number of unbranched alkanes of at least 4 members (excludes halogenated alkanes) is 1. The first-order valence-electron chi connectivity index (χ1n) is 4.74. The number of hydrogen-bond acceptors (Lipinski definition) is 4. The SMILES string of the molecule is Nc1ccc(C(O)CCCCO)cn1. The van der Waals surface area contributed by atoms with E-state index in [0.717, 1.165) is 18.4 Å². The molecule has 0 aliphatic carbocycles. The van der Waals surface area contributed by atoms with E-state index in [1.165, 1.54) is 0 Å². The van der Waals surface area contributed by atoms with Crippen LogP contribution in [0.25, 0.3) is 0 Å². The zero-order valence-electron chi connectivity index (χ0n) is 8.06. The summed E-state index contributed by atoms with van der Waals surface area (Å²) in [5.74, 6) is 0.455. The third-order valence-corrected chi connectivity index (χ3v) is 2.08. The summed E-state index contributed by atoms with van der Waals surface area (Å²) >= 11 is 0. The fraction of sp³-hybridized carbons (Fsp3) is 0.500. The smallest absolute Gasteiger partial charge is 0.123 e. The zero-order chi connectivity index (χ0) is 10.4. The van der Waals surface area contributed by atoms with E-state index in [4.69, 9.17) is 10.8 Å². The molecule has 1 atom stereocenters. The molecule has 0 bridgehead atoms. The first-order valence-corrected chi connectivity index (χ1v) is 4.74. The normalized spacial score (nSPS) is 12.7. The van der Waals surface area contributed by atoms with E-state index in [0.29, 0.717) is 12.2 Å². The molecule has 4 N–H and O–H groups in total. The second kappa shape index (κ2) is 5.57. The molecule has 14 heavy (non-hydrogen) atoms. The highest BCUT2D eigenvalue weighted by Gasteiger charge is 2.06. The van der Waals surface area contributed by atoms with Gasteiger partial charge in [-0.05, 0) is 30.9 Å². The van der Waals surface area contributed by atoms with Crippen LogP contribution in [0.2, 0.25) is 0 Å². The van der Waals surface area contributed by atoms with Crippen LogP contribution < -0.4 is 5.73 Å². The van der Waals surface area contributed by atoms with Crippen molar-refractivity contribution in [3.05, 3.63) is 23.9 Å². The van der Waals surface area contributed by atoms with Gasteiger partial charge in [-0.3, -0.25) is 0 Å². The predicted molar refractivity (Wildman–Crippen MR) is 54.5 cm³/mol. The van der Waals surface area contributed by atoms with Gasteiger partial charge in [-0.15, -0.1) is 0 Å². The van der Waals surface area contributed by atoms with Crippen molar-refractivity contribution in [2.45, 2.75) is 25.4 Å². The van der Waals surface area contributed by atoms with Gasteiger partial charge in [-0.25, -0.2) is 4.98 Å². The van der Waals surface area contributed by atoms with Crippen molar-refractivity contribution >= 4 is 5.82 Å². The van der Waals surface area contributed by atoms with Crippen LogP contribution in [0.1, 0.15) is 30.9 Å². The van der Waals surface area contributed by atoms with Gasteiger partial charge in [0.25, 0.3) is 0 Å². The Labute approximate surface area is 83.4 Å². The van der Waals surface area contributed by atoms with Crippen LogP contribution in [0.5, 0.6) is 0 Å². The van der Waals surface area contributed by atoms with E-state index in [1.807, 2.05) is 0 Å². The van der Waals surface area contributed by atoms with Gasteiger partial charge in [0.2, 0.25) is 0 Å². The van der Waals surface area contributed by atoms with Crippen molar-refractivity contribution in [3.63, 3.8) is 0 Å². The molecule has 0 fully saturated rings. The molecule has 0 saturated heterocycles. The summed E-state index contributed by atoms with van der Waals surface area (Å²) in [5.41, 5.74) is 6.20. The van der Waals surface area contributed by atoms with Gasteiger partial charge in [0.15, 0.2) is 0 Å². The predicted octanol–water partition coefficient (Wildman–Crippen LogP) is 0.860. The Balaban J connectivity index is 2.43. The molecule has 1 rings (SSSR count). The quantitative estimate of drug-likeness (QED) is 0.610. The van der Waals surface area contributed by atoms with Crippen LogP contribution in [0.3, 0.4) is 0 Å². The number of anilines is 1. The largest absolute Gasteiger partial charge is 0.396 e. The lowest BCUT2D eigenvalue weighted by Gasteiger charge is -2.09. The maximum atomic E-state index is 9.68. The van der Waals surface area contributed by atoms with Gasteiger partial charge in [0.1, 0.15) is 5.82 Å². The molecule has 4 heteroatoms. The molecule has 0 saturated carbocycles. The van der Waals surface area contributed by atoms with Gasteiger partial charge in [-0.2, -0.15) is 0 Å². The number of nitrogens with two attached hydrogens (primary N) is 1. The van der Waals surface area contributed by atoms with E-state index in [-0.39, 0.29) is 6.61 Å². The van der Waals surface area contributed by atoms with Crippen LogP contribution in [0.4, 0.5) is 5.82 Å². The van der Waals surface area contributed by atoms with Crippen molar-refractivity contribution in [3.8, 4) is 0 Å². The molecule has 78 valence electrons. The van der Waals surface area contributed by atoms with Gasteiger partial charge < -0.3 is 15.9 Å². The second-order valence-corrected chi connectivity index (χ2v) is 3.25. The van der Waals surface area contributed by atoms with E-state index < -0.39 is 6.10 Å². The van der Waals surface area contributed by atoms with Crippen LogP contribution in [0, 0.1) is 0 Å². The zero-order valence-corrected chi connectivity index (χ0v) is 8.06. The molecule has 1 heterocycles. The van der Waals surface area contributed by atoms with Gasteiger partial charge in [0.05, 0.1) is 6.10 Å². The molecule has 0 aliphatic rings. The summed E-state index contributed by atoms with van der Waals surface area (Å²) in [4.78, 5) is 3.90. The number of nitrogen functional groups attached to an aromatic ring is 1. The second-order valence-electron chi connectivity index (χ2n) is 3.25. The topological polar surface area (TPSA) is 79.4 Å². The third kappa shape index (κ3) is 3.32. The standard InChI is InChI=1S/C10H16N2O2/c11-10-5-4-8(7-12-10)9(14)3-1-2-6-13/h4-5,7,9,13-14H,1-3,6H2,(H2,11,12). The van der Waals surface area contributed by atoms with Gasteiger partial charge >= 0.3 is 0 Å². The van der Waals surface area contributed by atoms with E-state index >= 15 is 0 Å². The number of aliphatic hydroxyl groups is 2. The molecule has 0 spiro atoms. The van der Waals surface area contributed by atoms with Gasteiger partial charge in [0, 0.05) is 12.8 Å². The molecule has 0 amide bonds. The third-order valence-electron chi connectivity index (χ3n) is 2.08. The van der Waals surface area contributed by atoms with Crippen molar-refractivity contribution in [2.24, 2.45) is 0 Å². The number of aliphatic hydroxyl groups excluding tert-OH is 2. The maximum absolute atomic E-state index is 9.68. The fourth-order valence-corrected chi connectivity index (χ4v) is 1.23. The molecule has 0 aromatic carbocycles. The van der Waals surface area contributed by atoms with E-state index in [1.54, 1.807) is 18.3 Å². The lowest BCUT2D eigenvalue weighted by atomic mass is 10.1. The first-order chi connectivity index (χ1) is 6.74. The summed E-state index contributed by atoms with van der Waals surface area (Å²) in [7, 11) is 0. The monoisotopic (exact) mass is 196 g/mol. The average Bonchev–Trinajstić information content (AvgIpc) is 2.19. The molecule has 4 nitrogen and oxygen atoms in total. The van der Waals surface area contributed by atoms with Crippen LogP contribution >= 0.6 is 0 Å². The minimum absolute atomic E-state index is 0.173.